The van der Waals surface area contributed by atoms with Gasteiger partial charge in [-0.2, -0.15) is 0 Å². The Labute approximate surface area is 139 Å². The molecule has 1 aromatic heterocycles. The van der Waals surface area contributed by atoms with Crippen LogP contribution in [0.2, 0.25) is 0 Å². The molecule has 0 saturated carbocycles. The zero-order valence-electron chi connectivity index (χ0n) is 12.8. The van der Waals surface area contributed by atoms with Crippen LogP contribution in [0.1, 0.15) is 29.8 Å². The molecule has 3 rings (SSSR count). The number of nitrogens with one attached hydrogen (secondary N) is 2. The van der Waals surface area contributed by atoms with Gasteiger partial charge in [-0.1, -0.05) is 12.1 Å². The van der Waals surface area contributed by atoms with Crippen LogP contribution in [0.25, 0.3) is 10.6 Å². The molecular weight excluding hydrogens is 313 g/mol. The molecule has 1 aromatic carbocycles. The summed E-state index contributed by atoms with van der Waals surface area (Å²) >= 11 is 1.28. The highest BCUT2D eigenvalue weighted by Gasteiger charge is 2.16. The van der Waals surface area contributed by atoms with E-state index in [1.165, 1.54) is 30.2 Å². The zero-order chi connectivity index (χ0) is 16.1. The molecule has 1 unspecified atom stereocenters. The summed E-state index contributed by atoms with van der Waals surface area (Å²) in [7, 11) is 0. The Hall–Kier alpha value is -1.79. The number of benzene rings is 1. The average molecular weight is 333 g/mol. The summed E-state index contributed by atoms with van der Waals surface area (Å²) in [5.74, 6) is 0.125. The van der Waals surface area contributed by atoms with E-state index in [1.54, 1.807) is 23.6 Å². The van der Waals surface area contributed by atoms with Crippen LogP contribution in [0.4, 0.5) is 4.39 Å². The fourth-order valence-electron chi connectivity index (χ4n) is 2.79. The van der Waals surface area contributed by atoms with Crippen LogP contribution in [-0.4, -0.2) is 30.5 Å². The molecule has 23 heavy (non-hydrogen) atoms. The largest absolute Gasteiger partial charge is 0.351 e. The van der Waals surface area contributed by atoms with Gasteiger partial charge in [-0.3, -0.25) is 4.79 Å². The van der Waals surface area contributed by atoms with Gasteiger partial charge in [0, 0.05) is 17.5 Å². The third-order valence-corrected chi connectivity index (χ3v) is 4.95. The molecule has 1 aliphatic rings. The summed E-state index contributed by atoms with van der Waals surface area (Å²) in [5.41, 5.74) is 0.792. The average Bonchev–Trinajstić information content (AvgIpc) is 3.06. The van der Waals surface area contributed by atoms with Crippen molar-refractivity contribution in [1.29, 1.82) is 0 Å². The summed E-state index contributed by atoms with van der Waals surface area (Å²) in [4.78, 5) is 16.4. The molecule has 1 atom stereocenters. The predicted molar refractivity (Wildman–Crippen MR) is 90.1 cm³/mol. The first kappa shape index (κ1) is 16.1. The lowest BCUT2D eigenvalue weighted by Gasteiger charge is -2.22. The Bertz CT molecular complexity index is 667. The van der Waals surface area contributed by atoms with Gasteiger partial charge in [0.1, 0.15) is 16.5 Å². The van der Waals surface area contributed by atoms with Crippen LogP contribution in [0.5, 0.6) is 0 Å². The molecule has 1 aliphatic heterocycles. The van der Waals surface area contributed by atoms with E-state index in [9.17, 15) is 9.18 Å². The highest BCUT2D eigenvalue weighted by molar-refractivity contribution is 7.13. The molecule has 0 aliphatic carbocycles. The molecule has 2 heterocycles. The van der Waals surface area contributed by atoms with E-state index in [1.807, 2.05) is 0 Å². The van der Waals surface area contributed by atoms with Crippen LogP contribution in [0.15, 0.2) is 29.6 Å². The standard InChI is InChI=1S/C17H20FN3OS/c18-14-6-2-1-5-13(14)17-21-15(11-23-17)16(22)20-9-7-12-4-3-8-19-10-12/h1-2,5-6,11-12,19H,3-4,7-10H2,(H,20,22). The second kappa shape index (κ2) is 7.66. The number of carbonyl (C=O) groups is 1. The normalized spacial score (nSPS) is 17.9. The monoisotopic (exact) mass is 333 g/mol. The lowest BCUT2D eigenvalue weighted by atomic mass is 9.96. The van der Waals surface area contributed by atoms with Gasteiger partial charge < -0.3 is 10.6 Å². The van der Waals surface area contributed by atoms with Gasteiger partial charge in [0.2, 0.25) is 0 Å². The van der Waals surface area contributed by atoms with Crippen molar-refractivity contribution in [1.82, 2.24) is 15.6 Å². The minimum atomic E-state index is -0.321. The van der Waals surface area contributed by atoms with Crippen LogP contribution >= 0.6 is 11.3 Å². The quantitative estimate of drug-likeness (QED) is 0.884. The van der Waals surface area contributed by atoms with Gasteiger partial charge in [0.05, 0.1) is 0 Å². The first-order valence-corrected chi connectivity index (χ1v) is 8.81. The van der Waals surface area contributed by atoms with Crippen molar-refractivity contribution in [2.45, 2.75) is 19.3 Å². The van der Waals surface area contributed by atoms with Crippen molar-refractivity contribution in [3.05, 3.63) is 41.2 Å². The van der Waals surface area contributed by atoms with E-state index in [0.717, 1.165) is 19.5 Å². The molecule has 2 aromatic rings. The molecule has 0 spiro atoms. The Balaban J connectivity index is 1.55. The number of hydrogen-bond acceptors (Lipinski definition) is 4. The van der Waals surface area contributed by atoms with E-state index < -0.39 is 0 Å². The fourth-order valence-corrected chi connectivity index (χ4v) is 3.61. The van der Waals surface area contributed by atoms with Gasteiger partial charge in [-0.05, 0) is 50.4 Å². The molecule has 2 N–H and O–H groups in total. The third kappa shape index (κ3) is 4.14. The first-order valence-electron chi connectivity index (χ1n) is 7.93. The molecule has 4 nitrogen and oxygen atoms in total. The van der Waals surface area contributed by atoms with Crippen molar-refractivity contribution in [2.75, 3.05) is 19.6 Å². The highest BCUT2D eigenvalue weighted by Crippen LogP contribution is 2.26. The van der Waals surface area contributed by atoms with E-state index in [-0.39, 0.29) is 11.7 Å². The smallest absolute Gasteiger partial charge is 0.270 e. The van der Waals surface area contributed by atoms with Crippen molar-refractivity contribution in [2.24, 2.45) is 5.92 Å². The summed E-state index contributed by atoms with van der Waals surface area (Å²) < 4.78 is 13.8. The molecule has 0 bridgehead atoms. The SMILES string of the molecule is O=C(NCCC1CCCNC1)c1csc(-c2ccccc2F)n1. The van der Waals surface area contributed by atoms with Gasteiger partial charge >= 0.3 is 0 Å². The molecule has 1 amide bonds. The number of rotatable bonds is 5. The van der Waals surface area contributed by atoms with Gasteiger partial charge in [0.15, 0.2) is 0 Å². The Morgan fingerprint density at radius 1 is 1.43 bits per heavy atom. The number of carbonyl (C=O) groups excluding carboxylic acids is 1. The Morgan fingerprint density at radius 3 is 3.09 bits per heavy atom. The maximum absolute atomic E-state index is 13.8. The number of nitrogens with zero attached hydrogens (tertiary/aromatic N) is 1. The van der Waals surface area contributed by atoms with E-state index >= 15 is 0 Å². The highest BCUT2D eigenvalue weighted by atomic mass is 32.1. The predicted octanol–water partition coefficient (Wildman–Crippen LogP) is 3.07. The van der Waals surface area contributed by atoms with Gasteiger partial charge in [-0.25, -0.2) is 9.37 Å². The minimum Gasteiger partial charge on any atom is -0.351 e. The summed E-state index contributed by atoms with van der Waals surface area (Å²) in [6, 6.07) is 6.47. The van der Waals surface area contributed by atoms with Crippen LogP contribution in [-0.2, 0) is 0 Å². The number of amides is 1. The van der Waals surface area contributed by atoms with Crippen molar-refractivity contribution in [3.8, 4) is 10.6 Å². The molecule has 0 radical (unpaired) electrons. The molecule has 122 valence electrons. The second-order valence-electron chi connectivity index (χ2n) is 5.77. The lowest BCUT2D eigenvalue weighted by Crippen LogP contribution is -2.33. The number of aromatic nitrogens is 1. The van der Waals surface area contributed by atoms with E-state index in [0.29, 0.717) is 28.7 Å². The molecular formula is C17H20FN3OS. The topological polar surface area (TPSA) is 54.0 Å². The fraction of sp³-hybridized carbons (Fsp3) is 0.412. The Morgan fingerprint density at radius 2 is 2.30 bits per heavy atom. The van der Waals surface area contributed by atoms with Crippen LogP contribution in [0.3, 0.4) is 0 Å². The number of hydrogen-bond donors (Lipinski definition) is 2. The lowest BCUT2D eigenvalue weighted by molar-refractivity contribution is 0.0946. The van der Waals surface area contributed by atoms with Crippen molar-refractivity contribution >= 4 is 17.2 Å². The third-order valence-electron chi connectivity index (χ3n) is 4.08. The molecule has 1 saturated heterocycles. The maximum atomic E-state index is 13.8. The first-order chi connectivity index (χ1) is 11.2. The number of halogens is 1. The van der Waals surface area contributed by atoms with Gasteiger partial charge in [-0.15, -0.1) is 11.3 Å². The van der Waals surface area contributed by atoms with Crippen molar-refractivity contribution < 1.29 is 9.18 Å². The van der Waals surface area contributed by atoms with Crippen LogP contribution < -0.4 is 10.6 Å². The minimum absolute atomic E-state index is 0.187. The summed E-state index contributed by atoms with van der Waals surface area (Å²) in [6.45, 7) is 2.78. The Kier molecular flexibility index (Phi) is 5.35. The van der Waals surface area contributed by atoms with Crippen molar-refractivity contribution in [3.63, 3.8) is 0 Å². The summed E-state index contributed by atoms with van der Waals surface area (Å²) in [5, 5.41) is 8.49. The second-order valence-corrected chi connectivity index (χ2v) is 6.63. The number of piperidine rings is 1. The zero-order valence-corrected chi connectivity index (χ0v) is 13.7. The maximum Gasteiger partial charge on any atom is 0.270 e. The van der Waals surface area contributed by atoms with E-state index in [4.69, 9.17) is 0 Å². The van der Waals surface area contributed by atoms with Crippen LogP contribution in [0, 0.1) is 11.7 Å². The molecule has 6 heteroatoms. The summed E-state index contributed by atoms with van der Waals surface area (Å²) in [6.07, 6.45) is 3.40. The number of thiazole rings is 1. The van der Waals surface area contributed by atoms with Gasteiger partial charge in [0.25, 0.3) is 5.91 Å². The molecule has 1 fully saturated rings. The van der Waals surface area contributed by atoms with E-state index in [2.05, 4.69) is 15.6 Å².